The molecule has 0 spiro atoms. The SMILES string of the molecule is N#Cc1ccc(NC(=O)C(O)Cn2c3ccccc3c3cc(F)ccc32)cc1Cl. The lowest BCUT2D eigenvalue weighted by atomic mass is 10.1. The van der Waals surface area contributed by atoms with Crippen molar-refractivity contribution in [2.45, 2.75) is 12.6 Å². The Morgan fingerprint density at radius 1 is 1.14 bits per heavy atom. The minimum Gasteiger partial charge on any atom is -0.381 e. The van der Waals surface area contributed by atoms with Crippen molar-refractivity contribution in [3.05, 3.63) is 77.1 Å². The normalized spacial score (nSPS) is 12.1. The molecule has 1 atom stereocenters. The molecule has 0 aliphatic rings. The second-order valence-corrected chi connectivity index (χ2v) is 7.01. The lowest BCUT2D eigenvalue weighted by molar-refractivity contribution is -0.124. The summed E-state index contributed by atoms with van der Waals surface area (Å²) in [5.41, 5.74) is 2.19. The fourth-order valence-corrected chi connectivity index (χ4v) is 3.61. The van der Waals surface area contributed by atoms with Gasteiger partial charge in [0.05, 0.1) is 17.1 Å². The third kappa shape index (κ3) is 3.54. The van der Waals surface area contributed by atoms with Crippen molar-refractivity contribution in [1.29, 1.82) is 5.26 Å². The van der Waals surface area contributed by atoms with Gasteiger partial charge in [-0.3, -0.25) is 4.79 Å². The van der Waals surface area contributed by atoms with E-state index in [0.29, 0.717) is 16.6 Å². The van der Waals surface area contributed by atoms with Crippen LogP contribution < -0.4 is 5.32 Å². The van der Waals surface area contributed by atoms with E-state index in [9.17, 15) is 14.3 Å². The molecule has 1 amide bonds. The number of hydrogen-bond donors (Lipinski definition) is 2. The van der Waals surface area contributed by atoms with E-state index in [1.54, 1.807) is 10.6 Å². The molecule has 4 aromatic rings. The summed E-state index contributed by atoms with van der Waals surface area (Å²) in [6, 6.07) is 18.3. The van der Waals surface area contributed by atoms with E-state index < -0.39 is 12.0 Å². The van der Waals surface area contributed by atoms with Crippen LogP contribution in [0.1, 0.15) is 5.56 Å². The van der Waals surface area contributed by atoms with Crippen LogP contribution in [-0.4, -0.2) is 21.7 Å². The highest BCUT2D eigenvalue weighted by molar-refractivity contribution is 6.32. The zero-order valence-corrected chi connectivity index (χ0v) is 15.8. The fourth-order valence-electron chi connectivity index (χ4n) is 3.39. The lowest BCUT2D eigenvalue weighted by Crippen LogP contribution is -2.31. The topological polar surface area (TPSA) is 78.1 Å². The van der Waals surface area contributed by atoms with Gasteiger partial charge in [-0.15, -0.1) is 0 Å². The Balaban J connectivity index is 1.63. The third-order valence-corrected chi connectivity index (χ3v) is 5.06. The number of carbonyl (C=O) groups excluding carboxylic acids is 1. The molecule has 2 N–H and O–H groups in total. The molecule has 1 unspecified atom stereocenters. The Hall–Kier alpha value is -3.40. The zero-order valence-electron chi connectivity index (χ0n) is 15.1. The fraction of sp³-hybridized carbons (Fsp3) is 0.0909. The minimum absolute atomic E-state index is 0.00844. The van der Waals surface area contributed by atoms with Crippen LogP contribution in [0.25, 0.3) is 21.8 Å². The van der Waals surface area contributed by atoms with Gasteiger partial charge < -0.3 is 15.0 Å². The van der Waals surface area contributed by atoms with Crippen molar-refractivity contribution in [1.82, 2.24) is 4.57 Å². The Bertz CT molecular complexity index is 1290. The van der Waals surface area contributed by atoms with Gasteiger partial charge in [-0.25, -0.2) is 4.39 Å². The van der Waals surface area contributed by atoms with Crippen molar-refractivity contribution in [3.63, 3.8) is 0 Å². The average molecular weight is 408 g/mol. The van der Waals surface area contributed by atoms with Crippen molar-refractivity contribution >= 4 is 45.0 Å². The summed E-state index contributed by atoms with van der Waals surface area (Å²) in [5.74, 6) is -0.963. The van der Waals surface area contributed by atoms with Gasteiger partial charge in [-0.05, 0) is 42.5 Å². The number of aliphatic hydroxyl groups is 1. The number of anilines is 1. The molecule has 0 radical (unpaired) electrons. The molecule has 7 heteroatoms. The first-order chi connectivity index (χ1) is 14.0. The first-order valence-corrected chi connectivity index (χ1v) is 9.21. The number of aliphatic hydroxyl groups excluding tert-OH is 1. The third-order valence-electron chi connectivity index (χ3n) is 4.75. The van der Waals surface area contributed by atoms with Crippen LogP contribution in [0, 0.1) is 17.1 Å². The molecule has 29 heavy (non-hydrogen) atoms. The zero-order chi connectivity index (χ0) is 20.5. The molecule has 0 aliphatic heterocycles. The number of carbonyl (C=O) groups is 1. The number of nitriles is 1. The van der Waals surface area contributed by atoms with Crippen LogP contribution in [0.15, 0.2) is 60.7 Å². The van der Waals surface area contributed by atoms with Crippen LogP contribution in [0.2, 0.25) is 5.02 Å². The number of nitrogens with one attached hydrogen (secondary N) is 1. The number of hydrogen-bond acceptors (Lipinski definition) is 3. The Morgan fingerprint density at radius 2 is 1.90 bits per heavy atom. The van der Waals surface area contributed by atoms with Gasteiger partial charge in [0, 0.05) is 27.5 Å². The molecular formula is C22H15ClFN3O2. The number of fused-ring (bicyclic) bond motifs is 3. The molecule has 0 fully saturated rings. The summed E-state index contributed by atoms with van der Waals surface area (Å²) < 4.78 is 15.5. The number of aromatic nitrogens is 1. The van der Waals surface area contributed by atoms with Gasteiger partial charge in [0.25, 0.3) is 5.91 Å². The smallest absolute Gasteiger partial charge is 0.255 e. The van der Waals surface area contributed by atoms with E-state index in [1.807, 2.05) is 30.3 Å². The van der Waals surface area contributed by atoms with Crippen LogP contribution in [-0.2, 0) is 11.3 Å². The Morgan fingerprint density at radius 3 is 2.66 bits per heavy atom. The molecule has 0 aliphatic carbocycles. The predicted octanol–water partition coefficient (Wildman–Crippen LogP) is 4.46. The van der Waals surface area contributed by atoms with Crippen LogP contribution in [0.5, 0.6) is 0 Å². The summed E-state index contributed by atoms with van der Waals surface area (Å²) in [6.45, 7) is -0.00844. The van der Waals surface area contributed by atoms with E-state index in [-0.39, 0.29) is 17.4 Å². The molecule has 0 saturated carbocycles. The van der Waals surface area contributed by atoms with Crippen molar-refractivity contribution < 1.29 is 14.3 Å². The van der Waals surface area contributed by atoms with E-state index in [2.05, 4.69) is 5.32 Å². The highest BCUT2D eigenvalue weighted by Gasteiger charge is 2.20. The maximum Gasteiger partial charge on any atom is 0.255 e. The predicted molar refractivity (Wildman–Crippen MR) is 110 cm³/mol. The molecule has 1 heterocycles. The highest BCUT2D eigenvalue weighted by Crippen LogP contribution is 2.30. The highest BCUT2D eigenvalue weighted by atomic mass is 35.5. The van der Waals surface area contributed by atoms with E-state index >= 15 is 0 Å². The number of amides is 1. The summed E-state index contributed by atoms with van der Waals surface area (Å²) in [4.78, 5) is 12.5. The lowest BCUT2D eigenvalue weighted by Gasteiger charge is -2.14. The van der Waals surface area contributed by atoms with Crippen molar-refractivity contribution in [2.24, 2.45) is 0 Å². The number of halogens is 2. The largest absolute Gasteiger partial charge is 0.381 e. The quantitative estimate of drug-likeness (QED) is 0.524. The molecule has 0 bridgehead atoms. The van der Waals surface area contributed by atoms with E-state index in [4.69, 9.17) is 16.9 Å². The monoisotopic (exact) mass is 407 g/mol. The minimum atomic E-state index is -1.35. The van der Waals surface area contributed by atoms with Gasteiger partial charge in [0.15, 0.2) is 6.10 Å². The molecule has 144 valence electrons. The molecular weight excluding hydrogens is 393 g/mol. The van der Waals surface area contributed by atoms with Gasteiger partial charge in [0.1, 0.15) is 11.9 Å². The van der Waals surface area contributed by atoms with E-state index in [0.717, 1.165) is 16.4 Å². The number of rotatable bonds is 4. The standard InChI is InChI=1S/C22H15ClFN3O2/c23-18-10-15(7-5-13(18)11-25)26-22(29)21(28)12-27-19-4-2-1-3-16(19)17-9-14(24)6-8-20(17)27/h1-10,21,28H,12H2,(H,26,29). The van der Waals surface area contributed by atoms with Gasteiger partial charge in [-0.1, -0.05) is 29.8 Å². The Kier molecular flexibility index (Phi) is 4.93. The maximum atomic E-state index is 13.7. The summed E-state index contributed by atoms with van der Waals surface area (Å²) in [5, 5.41) is 23.8. The maximum absolute atomic E-state index is 13.7. The average Bonchev–Trinajstić information content (AvgIpc) is 3.01. The Labute approximate surface area is 170 Å². The molecule has 3 aromatic carbocycles. The number of nitrogens with zero attached hydrogens (tertiary/aromatic N) is 2. The second kappa shape index (κ2) is 7.55. The molecule has 5 nitrogen and oxygen atoms in total. The van der Waals surface area contributed by atoms with Crippen molar-refractivity contribution in [2.75, 3.05) is 5.32 Å². The number of benzene rings is 3. The van der Waals surface area contributed by atoms with Crippen LogP contribution >= 0.6 is 11.6 Å². The van der Waals surface area contributed by atoms with Crippen LogP contribution in [0.4, 0.5) is 10.1 Å². The van der Waals surface area contributed by atoms with Gasteiger partial charge in [-0.2, -0.15) is 5.26 Å². The first-order valence-electron chi connectivity index (χ1n) is 8.83. The summed E-state index contributed by atoms with van der Waals surface area (Å²) in [6.07, 6.45) is -1.35. The summed E-state index contributed by atoms with van der Waals surface area (Å²) >= 11 is 5.98. The second-order valence-electron chi connectivity index (χ2n) is 6.60. The first kappa shape index (κ1) is 18.9. The van der Waals surface area contributed by atoms with Crippen LogP contribution in [0.3, 0.4) is 0 Å². The molecule has 0 saturated heterocycles. The summed E-state index contributed by atoms with van der Waals surface area (Å²) in [7, 11) is 0. The molecule has 1 aromatic heterocycles. The van der Waals surface area contributed by atoms with E-state index in [1.165, 1.54) is 30.3 Å². The van der Waals surface area contributed by atoms with Crippen molar-refractivity contribution in [3.8, 4) is 6.07 Å². The molecule has 4 rings (SSSR count). The van der Waals surface area contributed by atoms with Gasteiger partial charge >= 0.3 is 0 Å². The number of para-hydroxylation sites is 1. The van der Waals surface area contributed by atoms with Gasteiger partial charge in [0.2, 0.25) is 0 Å².